The number of benzene rings is 4. The van der Waals surface area contributed by atoms with Crippen LogP contribution in [0.2, 0.25) is 0 Å². The number of nitro benzene ring substituents is 1. The number of nitro groups is 1. The van der Waals surface area contributed by atoms with Crippen molar-refractivity contribution in [2.24, 2.45) is 5.10 Å². The fourth-order valence-corrected chi connectivity index (χ4v) is 4.78. The SMILES string of the molecule is COc1cc(C=Nn2c(-c3cc4cc(Br)ccc4o3)nc3ccccc3c2=O)ccc1OCc1ccc([N+](=O)[O-])cc1. The Balaban J connectivity index is 1.33. The van der Waals surface area contributed by atoms with Crippen molar-refractivity contribution in [2.45, 2.75) is 6.61 Å². The molecule has 208 valence electrons. The summed E-state index contributed by atoms with van der Waals surface area (Å²) in [6, 6.07) is 25.9. The second-order valence-electron chi connectivity index (χ2n) is 9.23. The van der Waals surface area contributed by atoms with Gasteiger partial charge in [0.1, 0.15) is 12.2 Å². The Hall–Kier alpha value is -5.29. The molecule has 0 atom stereocenters. The smallest absolute Gasteiger partial charge is 0.282 e. The summed E-state index contributed by atoms with van der Waals surface area (Å²) in [6.45, 7) is 0.192. The van der Waals surface area contributed by atoms with Gasteiger partial charge in [0.25, 0.3) is 11.2 Å². The highest BCUT2D eigenvalue weighted by Gasteiger charge is 2.17. The topological polar surface area (TPSA) is 122 Å². The minimum Gasteiger partial charge on any atom is -0.493 e. The summed E-state index contributed by atoms with van der Waals surface area (Å²) in [7, 11) is 1.52. The highest BCUT2D eigenvalue weighted by Crippen LogP contribution is 2.30. The van der Waals surface area contributed by atoms with Crippen molar-refractivity contribution in [1.82, 2.24) is 9.66 Å². The predicted molar refractivity (Wildman–Crippen MR) is 162 cm³/mol. The second-order valence-corrected chi connectivity index (χ2v) is 10.1. The molecular formula is C31H21BrN4O6. The number of fused-ring (bicyclic) bond motifs is 2. The standard InChI is InChI=1S/C31H21BrN4O6/c1-40-28-14-20(8-12-27(28)41-18-19-6-10-23(11-7-19)36(38)39)17-33-35-30(34-25-5-3-2-4-24(25)31(35)37)29-16-21-15-22(32)9-13-26(21)42-29/h2-17H,18H2,1H3. The van der Waals surface area contributed by atoms with Crippen molar-refractivity contribution in [3.63, 3.8) is 0 Å². The first-order valence-electron chi connectivity index (χ1n) is 12.7. The average molecular weight is 625 g/mol. The van der Waals surface area contributed by atoms with Gasteiger partial charge in [-0.05, 0) is 77.9 Å². The first-order chi connectivity index (χ1) is 20.4. The highest BCUT2D eigenvalue weighted by molar-refractivity contribution is 9.10. The first-order valence-corrected chi connectivity index (χ1v) is 13.5. The number of nitrogens with zero attached hydrogens (tertiary/aromatic N) is 4. The van der Waals surface area contributed by atoms with Crippen molar-refractivity contribution in [3.8, 4) is 23.1 Å². The average Bonchev–Trinajstić information content (AvgIpc) is 3.43. The zero-order chi connectivity index (χ0) is 29.2. The van der Waals surface area contributed by atoms with Crippen LogP contribution >= 0.6 is 15.9 Å². The van der Waals surface area contributed by atoms with Crippen LogP contribution < -0.4 is 15.0 Å². The summed E-state index contributed by atoms with van der Waals surface area (Å²) >= 11 is 3.48. The van der Waals surface area contributed by atoms with Crippen molar-refractivity contribution >= 4 is 49.7 Å². The van der Waals surface area contributed by atoms with Gasteiger partial charge < -0.3 is 13.9 Å². The number of aromatic nitrogens is 2. The molecule has 0 spiro atoms. The Kier molecular flexibility index (Phi) is 7.24. The van der Waals surface area contributed by atoms with Crippen LogP contribution in [0.15, 0.2) is 110 Å². The van der Waals surface area contributed by atoms with E-state index in [1.807, 2.05) is 30.3 Å². The lowest BCUT2D eigenvalue weighted by Crippen LogP contribution is -2.20. The van der Waals surface area contributed by atoms with E-state index in [9.17, 15) is 14.9 Å². The number of methoxy groups -OCH3 is 1. The lowest BCUT2D eigenvalue weighted by molar-refractivity contribution is -0.384. The van der Waals surface area contributed by atoms with Gasteiger partial charge in [0.15, 0.2) is 17.3 Å². The van der Waals surface area contributed by atoms with Gasteiger partial charge in [-0.3, -0.25) is 14.9 Å². The molecule has 0 saturated heterocycles. The van der Waals surface area contributed by atoms with Crippen molar-refractivity contribution < 1.29 is 18.8 Å². The molecule has 11 heteroatoms. The number of halogens is 1. The van der Waals surface area contributed by atoms with Crippen molar-refractivity contribution in [1.29, 1.82) is 0 Å². The van der Waals surface area contributed by atoms with E-state index in [4.69, 9.17) is 18.9 Å². The van der Waals surface area contributed by atoms with E-state index in [1.54, 1.807) is 48.5 Å². The van der Waals surface area contributed by atoms with Gasteiger partial charge in [0.2, 0.25) is 5.82 Å². The summed E-state index contributed by atoms with van der Waals surface area (Å²) in [4.78, 5) is 28.7. The number of hydrogen-bond acceptors (Lipinski definition) is 8. The molecule has 0 saturated carbocycles. The van der Waals surface area contributed by atoms with Gasteiger partial charge >= 0.3 is 0 Å². The van der Waals surface area contributed by atoms with Crippen molar-refractivity contribution in [3.05, 3.63) is 127 Å². The lowest BCUT2D eigenvalue weighted by atomic mass is 10.2. The molecule has 0 bridgehead atoms. The Morgan fingerprint density at radius 2 is 1.83 bits per heavy atom. The van der Waals surface area contributed by atoms with Crippen LogP contribution in [0.1, 0.15) is 11.1 Å². The number of rotatable bonds is 8. The molecule has 0 aliphatic heterocycles. The molecule has 2 aromatic heterocycles. The third kappa shape index (κ3) is 5.37. The van der Waals surface area contributed by atoms with E-state index < -0.39 is 4.92 Å². The van der Waals surface area contributed by atoms with Gasteiger partial charge in [-0.25, -0.2) is 4.98 Å². The molecule has 6 aromatic rings. The van der Waals surface area contributed by atoms with Crippen LogP contribution in [0.5, 0.6) is 11.5 Å². The van der Waals surface area contributed by atoms with Gasteiger partial charge in [-0.1, -0.05) is 28.1 Å². The van der Waals surface area contributed by atoms with E-state index in [-0.39, 0.29) is 23.7 Å². The molecule has 0 aliphatic rings. The summed E-state index contributed by atoms with van der Waals surface area (Å²) in [5.74, 6) is 1.59. The maximum Gasteiger partial charge on any atom is 0.282 e. The van der Waals surface area contributed by atoms with Gasteiger partial charge in [0.05, 0.1) is 29.2 Å². The number of non-ortho nitro benzene ring substituents is 1. The Bertz CT molecular complexity index is 2050. The lowest BCUT2D eigenvalue weighted by Gasteiger charge is -2.11. The minimum absolute atomic E-state index is 0.0113. The zero-order valence-electron chi connectivity index (χ0n) is 22.1. The molecular weight excluding hydrogens is 604 g/mol. The molecule has 0 unspecified atom stereocenters. The van der Waals surface area contributed by atoms with E-state index in [1.165, 1.54) is 30.1 Å². The quantitative estimate of drug-likeness (QED) is 0.102. The van der Waals surface area contributed by atoms with Crippen LogP contribution in [0, 0.1) is 10.1 Å². The van der Waals surface area contributed by atoms with E-state index >= 15 is 0 Å². The Labute approximate surface area is 246 Å². The van der Waals surface area contributed by atoms with Crippen LogP contribution in [0.3, 0.4) is 0 Å². The summed E-state index contributed by atoms with van der Waals surface area (Å²) in [5.41, 5.74) is 2.26. The third-order valence-electron chi connectivity index (χ3n) is 6.50. The summed E-state index contributed by atoms with van der Waals surface area (Å²) in [6.07, 6.45) is 1.53. The number of hydrogen-bond donors (Lipinski definition) is 0. The molecule has 10 nitrogen and oxygen atoms in total. The monoisotopic (exact) mass is 624 g/mol. The molecule has 2 heterocycles. The third-order valence-corrected chi connectivity index (χ3v) is 7.00. The molecule has 0 amide bonds. The zero-order valence-corrected chi connectivity index (χ0v) is 23.6. The maximum atomic E-state index is 13.5. The number of furan rings is 1. The van der Waals surface area contributed by atoms with E-state index in [2.05, 4.69) is 21.0 Å². The Morgan fingerprint density at radius 1 is 1.02 bits per heavy atom. The second kappa shape index (κ2) is 11.3. The highest BCUT2D eigenvalue weighted by atomic mass is 79.9. The van der Waals surface area contributed by atoms with Crippen LogP contribution in [0.25, 0.3) is 33.5 Å². The molecule has 0 radical (unpaired) electrons. The van der Waals surface area contributed by atoms with Gasteiger partial charge in [0, 0.05) is 22.0 Å². The predicted octanol–water partition coefficient (Wildman–Crippen LogP) is 6.95. The van der Waals surface area contributed by atoms with Gasteiger partial charge in [-0.2, -0.15) is 9.78 Å². The van der Waals surface area contributed by atoms with Crippen LogP contribution in [0.4, 0.5) is 5.69 Å². The van der Waals surface area contributed by atoms with E-state index in [0.717, 1.165) is 15.4 Å². The van der Waals surface area contributed by atoms with Gasteiger partial charge in [-0.15, -0.1) is 0 Å². The van der Waals surface area contributed by atoms with Crippen LogP contribution in [-0.4, -0.2) is 27.9 Å². The molecule has 42 heavy (non-hydrogen) atoms. The van der Waals surface area contributed by atoms with Crippen LogP contribution in [-0.2, 0) is 6.61 Å². The largest absolute Gasteiger partial charge is 0.493 e. The molecule has 0 fully saturated rings. The minimum atomic E-state index is -0.450. The maximum absolute atomic E-state index is 13.5. The van der Waals surface area contributed by atoms with E-state index in [0.29, 0.717) is 39.3 Å². The van der Waals surface area contributed by atoms with Crippen molar-refractivity contribution in [2.75, 3.05) is 7.11 Å². The molecule has 0 N–H and O–H groups in total. The number of para-hydroxylation sites is 1. The fraction of sp³-hybridized carbons (Fsp3) is 0.0645. The normalized spacial score (nSPS) is 11.4. The summed E-state index contributed by atoms with van der Waals surface area (Å²) in [5, 5.41) is 16.7. The number of ether oxygens (including phenoxy) is 2. The molecule has 0 aliphatic carbocycles. The Morgan fingerprint density at radius 3 is 2.62 bits per heavy atom. The fourth-order valence-electron chi connectivity index (χ4n) is 4.40. The molecule has 4 aromatic carbocycles. The summed E-state index contributed by atoms with van der Waals surface area (Å²) < 4.78 is 19.6. The molecule has 6 rings (SSSR count). The first kappa shape index (κ1) is 26.9.